The van der Waals surface area contributed by atoms with Crippen LogP contribution >= 0.6 is 0 Å². The van der Waals surface area contributed by atoms with Gasteiger partial charge < -0.3 is 14.8 Å². The number of fused-ring (bicyclic) bond motifs is 1. The van der Waals surface area contributed by atoms with Crippen LogP contribution in [0.5, 0.6) is 17.4 Å². The minimum absolute atomic E-state index is 0.0287. The van der Waals surface area contributed by atoms with Crippen LogP contribution in [-0.2, 0) is 16.6 Å². The molecule has 0 bridgehead atoms. The van der Waals surface area contributed by atoms with Gasteiger partial charge in [0.25, 0.3) is 0 Å². The van der Waals surface area contributed by atoms with Gasteiger partial charge in [0.1, 0.15) is 17.9 Å². The number of anilines is 1. The Morgan fingerprint density at radius 1 is 1.06 bits per heavy atom. The van der Waals surface area contributed by atoms with Crippen LogP contribution in [0.15, 0.2) is 49.1 Å². The fourth-order valence-corrected chi connectivity index (χ4v) is 3.14. The van der Waals surface area contributed by atoms with Crippen LogP contribution in [0.3, 0.4) is 0 Å². The maximum atomic E-state index is 14.7. The van der Waals surface area contributed by atoms with E-state index in [0.29, 0.717) is 22.5 Å². The van der Waals surface area contributed by atoms with Crippen molar-refractivity contribution >= 4 is 22.6 Å². The average Bonchev–Trinajstić information content (AvgIpc) is 2.80. The Bertz CT molecular complexity index is 1360. The third-order valence-electron chi connectivity index (χ3n) is 5.03. The number of carbonyl (C=O) groups is 1. The number of carbonyl (C=O) groups excluding carboxylic acids is 1. The molecule has 0 saturated carbocycles. The number of methoxy groups -OCH3 is 1. The smallest absolute Gasteiger partial charge is 0.231 e. The average molecular weight is 462 g/mol. The second-order valence-corrected chi connectivity index (χ2v) is 8.57. The van der Waals surface area contributed by atoms with Gasteiger partial charge in [0.2, 0.25) is 11.8 Å². The molecule has 9 nitrogen and oxygen atoms in total. The molecule has 4 rings (SSSR count). The molecule has 34 heavy (non-hydrogen) atoms. The van der Waals surface area contributed by atoms with Gasteiger partial charge in [-0.3, -0.25) is 9.78 Å². The number of halogens is 1. The molecule has 0 aliphatic heterocycles. The number of benzene rings is 1. The van der Waals surface area contributed by atoms with Crippen molar-refractivity contribution in [1.82, 2.24) is 25.1 Å². The number of pyridine rings is 1. The van der Waals surface area contributed by atoms with Gasteiger partial charge in [-0.05, 0) is 35.2 Å². The van der Waals surface area contributed by atoms with Crippen molar-refractivity contribution in [2.45, 2.75) is 32.6 Å². The molecule has 0 aliphatic rings. The summed E-state index contributed by atoms with van der Waals surface area (Å²) in [5, 5.41) is 11.1. The van der Waals surface area contributed by atoms with Crippen molar-refractivity contribution in [2.24, 2.45) is 0 Å². The number of ether oxygens (including phenoxy) is 2. The Labute approximate surface area is 195 Å². The molecule has 1 N–H and O–H groups in total. The molecule has 0 aliphatic carbocycles. The Morgan fingerprint density at radius 2 is 1.88 bits per heavy atom. The maximum absolute atomic E-state index is 14.7. The van der Waals surface area contributed by atoms with Gasteiger partial charge in [0.05, 0.1) is 42.5 Å². The van der Waals surface area contributed by atoms with Gasteiger partial charge >= 0.3 is 0 Å². The lowest BCUT2D eigenvalue weighted by Gasteiger charge is -2.18. The zero-order valence-corrected chi connectivity index (χ0v) is 19.2. The van der Waals surface area contributed by atoms with E-state index in [-0.39, 0.29) is 29.2 Å². The highest BCUT2D eigenvalue weighted by atomic mass is 19.1. The third kappa shape index (κ3) is 5.22. The van der Waals surface area contributed by atoms with Crippen molar-refractivity contribution in [3.05, 3.63) is 66.1 Å². The molecule has 4 aromatic rings. The number of amides is 1. The van der Waals surface area contributed by atoms with Crippen molar-refractivity contribution in [3.63, 3.8) is 0 Å². The molecule has 174 valence electrons. The summed E-state index contributed by atoms with van der Waals surface area (Å²) in [5.74, 6) is 0.118. The van der Waals surface area contributed by atoms with Crippen LogP contribution < -0.4 is 14.8 Å². The van der Waals surface area contributed by atoms with E-state index >= 15 is 0 Å². The predicted octanol–water partition coefficient (Wildman–Crippen LogP) is 4.23. The largest absolute Gasteiger partial charge is 0.497 e. The van der Waals surface area contributed by atoms with Crippen LogP contribution in [0.1, 0.15) is 32.0 Å². The summed E-state index contributed by atoms with van der Waals surface area (Å²) < 4.78 is 25.7. The van der Waals surface area contributed by atoms with E-state index in [1.165, 1.54) is 12.5 Å². The number of aromatic nitrogens is 5. The highest BCUT2D eigenvalue weighted by Crippen LogP contribution is 2.29. The number of nitrogens with zero attached hydrogens (tertiary/aromatic N) is 5. The molecular formula is C24H23FN6O3. The molecule has 0 fully saturated rings. The molecule has 1 aromatic carbocycles. The van der Waals surface area contributed by atoms with E-state index in [0.717, 1.165) is 11.6 Å². The summed E-state index contributed by atoms with van der Waals surface area (Å²) in [7, 11) is 1.55. The van der Waals surface area contributed by atoms with Crippen molar-refractivity contribution in [1.29, 1.82) is 0 Å². The first-order valence-electron chi connectivity index (χ1n) is 10.5. The molecule has 1 amide bonds. The van der Waals surface area contributed by atoms with Crippen LogP contribution in [0.4, 0.5) is 10.2 Å². The molecule has 0 saturated heterocycles. The summed E-state index contributed by atoms with van der Waals surface area (Å²) >= 11 is 0. The molecule has 0 radical (unpaired) electrons. The van der Waals surface area contributed by atoms with Crippen LogP contribution in [-0.4, -0.2) is 38.2 Å². The fraction of sp³-hybridized carbons (Fsp3) is 0.250. The minimum Gasteiger partial charge on any atom is -0.497 e. The number of nitrogens with one attached hydrogen (secondary N) is 1. The van der Waals surface area contributed by atoms with Gasteiger partial charge in [0.15, 0.2) is 11.6 Å². The molecule has 3 heterocycles. The Balaban J connectivity index is 1.48. The van der Waals surface area contributed by atoms with Crippen LogP contribution in [0, 0.1) is 5.82 Å². The normalized spacial score (nSPS) is 11.3. The van der Waals surface area contributed by atoms with E-state index in [2.05, 4.69) is 30.5 Å². The van der Waals surface area contributed by atoms with Crippen LogP contribution in [0.25, 0.3) is 10.9 Å². The highest BCUT2D eigenvalue weighted by molar-refractivity contribution is 5.91. The lowest BCUT2D eigenvalue weighted by atomic mass is 9.89. The second-order valence-electron chi connectivity index (χ2n) is 8.57. The first kappa shape index (κ1) is 23.0. The van der Waals surface area contributed by atoms with Crippen molar-refractivity contribution in [3.8, 4) is 17.4 Å². The maximum Gasteiger partial charge on any atom is 0.231 e. The zero-order valence-electron chi connectivity index (χ0n) is 19.2. The summed E-state index contributed by atoms with van der Waals surface area (Å²) in [5.41, 5.74) is 1.38. The summed E-state index contributed by atoms with van der Waals surface area (Å²) in [4.78, 5) is 24.8. The number of hydrogen-bond acceptors (Lipinski definition) is 8. The van der Waals surface area contributed by atoms with Crippen molar-refractivity contribution in [2.75, 3.05) is 12.4 Å². The van der Waals surface area contributed by atoms with Gasteiger partial charge in [-0.25, -0.2) is 14.4 Å². The summed E-state index contributed by atoms with van der Waals surface area (Å²) in [6.45, 7) is 6.08. The summed E-state index contributed by atoms with van der Waals surface area (Å²) in [6, 6.07) is 8.16. The lowest BCUT2D eigenvalue weighted by Crippen LogP contribution is -2.19. The quantitative estimate of drug-likeness (QED) is 0.453. The first-order valence-corrected chi connectivity index (χ1v) is 10.5. The second kappa shape index (κ2) is 9.34. The van der Waals surface area contributed by atoms with Gasteiger partial charge in [-0.1, -0.05) is 20.8 Å². The van der Waals surface area contributed by atoms with Gasteiger partial charge in [-0.2, -0.15) is 5.10 Å². The fourth-order valence-electron chi connectivity index (χ4n) is 3.14. The number of hydrogen-bond donors (Lipinski definition) is 1. The van der Waals surface area contributed by atoms with E-state index < -0.39 is 11.7 Å². The SMILES string of the molecule is COc1ccc2ncnc(Oc3cnc(CC(=O)Nc4cc(C(C)(C)C)cnn4)c(F)c3)c2c1. The van der Waals surface area contributed by atoms with Crippen molar-refractivity contribution < 1.29 is 18.7 Å². The standard InChI is InChI=1S/C24H23FN6O3/c1-24(2,3)14-7-21(31-29-11-14)30-22(32)10-20-18(25)9-16(12-26-20)34-23-17-8-15(33-4)5-6-19(17)27-13-28-23/h5-9,11-13H,10H2,1-4H3,(H,30,31,32). The highest BCUT2D eigenvalue weighted by Gasteiger charge is 2.17. The topological polar surface area (TPSA) is 112 Å². The minimum atomic E-state index is -0.682. The van der Waals surface area contributed by atoms with E-state index in [1.54, 1.807) is 37.6 Å². The lowest BCUT2D eigenvalue weighted by molar-refractivity contribution is -0.115. The van der Waals surface area contributed by atoms with Crippen LogP contribution in [0.2, 0.25) is 0 Å². The number of rotatable bonds is 6. The first-order chi connectivity index (χ1) is 16.2. The van der Waals surface area contributed by atoms with E-state index in [9.17, 15) is 9.18 Å². The molecule has 0 spiro atoms. The van der Waals surface area contributed by atoms with Gasteiger partial charge in [-0.15, -0.1) is 5.10 Å². The Kier molecular flexibility index (Phi) is 6.31. The van der Waals surface area contributed by atoms with Gasteiger partial charge in [0, 0.05) is 6.07 Å². The zero-order chi connectivity index (χ0) is 24.3. The van der Waals surface area contributed by atoms with E-state index in [4.69, 9.17) is 9.47 Å². The monoisotopic (exact) mass is 462 g/mol. The predicted molar refractivity (Wildman–Crippen MR) is 123 cm³/mol. The van der Waals surface area contributed by atoms with E-state index in [1.807, 2.05) is 20.8 Å². The summed E-state index contributed by atoms with van der Waals surface area (Å²) in [6.07, 6.45) is 4.05. The Morgan fingerprint density at radius 3 is 2.62 bits per heavy atom. The molecule has 10 heteroatoms. The Hall–Kier alpha value is -4.21. The molecule has 3 aromatic heterocycles. The third-order valence-corrected chi connectivity index (χ3v) is 5.03. The molecule has 0 unspecified atom stereocenters. The molecular weight excluding hydrogens is 439 g/mol. The molecule has 0 atom stereocenters.